The van der Waals surface area contributed by atoms with Crippen LogP contribution < -0.4 is 4.74 Å². The van der Waals surface area contributed by atoms with Gasteiger partial charge in [-0.1, -0.05) is 29.8 Å². The van der Waals surface area contributed by atoms with E-state index in [2.05, 4.69) is 16.5 Å². The highest BCUT2D eigenvalue weighted by atomic mass is 35.5. The van der Waals surface area contributed by atoms with E-state index in [-0.39, 0.29) is 0 Å². The maximum Gasteiger partial charge on any atom is 0.147 e. The molecule has 0 atom stereocenters. The second kappa shape index (κ2) is 5.55. The first kappa shape index (κ1) is 13.0. The minimum absolute atomic E-state index is 0.449. The largest absolute Gasteiger partial charge is 0.486 e. The fourth-order valence-corrected chi connectivity index (χ4v) is 2.44. The summed E-state index contributed by atoms with van der Waals surface area (Å²) in [6.45, 7) is 3.38. The van der Waals surface area contributed by atoms with Crippen molar-refractivity contribution in [2.24, 2.45) is 0 Å². The predicted molar refractivity (Wildman–Crippen MR) is 81.2 cm³/mol. The van der Waals surface area contributed by atoms with Gasteiger partial charge in [0, 0.05) is 11.6 Å². The minimum Gasteiger partial charge on any atom is -0.486 e. The molecular formula is C16H15ClN2O. The average Bonchev–Trinajstić information content (AvgIpc) is 2.83. The molecule has 0 saturated heterocycles. The summed E-state index contributed by atoms with van der Waals surface area (Å²) >= 11 is 6.06. The van der Waals surface area contributed by atoms with Crippen LogP contribution in [0.2, 0.25) is 5.02 Å². The van der Waals surface area contributed by atoms with E-state index in [0.717, 1.165) is 34.2 Å². The number of para-hydroxylation sites is 1. The SMILES string of the molecule is CCn1c(COc2ccccc2)nc2ccc(Cl)cc21. The van der Waals surface area contributed by atoms with Crippen LogP contribution in [-0.2, 0) is 13.2 Å². The number of aromatic nitrogens is 2. The molecule has 0 N–H and O–H groups in total. The third-order valence-electron chi connectivity index (χ3n) is 3.22. The van der Waals surface area contributed by atoms with Gasteiger partial charge in [-0.05, 0) is 37.3 Å². The van der Waals surface area contributed by atoms with Crippen molar-refractivity contribution in [2.45, 2.75) is 20.1 Å². The normalized spacial score (nSPS) is 10.9. The maximum atomic E-state index is 6.06. The van der Waals surface area contributed by atoms with Crippen molar-refractivity contribution in [1.82, 2.24) is 9.55 Å². The molecule has 0 fully saturated rings. The van der Waals surface area contributed by atoms with Crippen molar-refractivity contribution in [2.75, 3.05) is 0 Å². The first-order valence-electron chi connectivity index (χ1n) is 6.60. The lowest BCUT2D eigenvalue weighted by atomic mass is 10.3. The van der Waals surface area contributed by atoms with Crippen LogP contribution in [0.25, 0.3) is 11.0 Å². The maximum absolute atomic E-state index is 6.06. The number of ether oxygens (including phenoxy) is 1. The first-order chi connectivity index (χ1) is 9.78. The molecule has 1 heterocycles. The number of halogens is 1. The topological polar surface area (TPSA) is 27.1 Å². The molecule has 0 unspecified atom stereocenters. The van der Waals surface area contributed by atoms with Crippen LogP contribution in [0.1, 0.15) is 12.7 Å². The Labute approximate surface area is 122 Å². The molecule has 0 bridgehead atoms. The van der Waals surface area contributed by atoms with E-state index >= 15 is 0 Å². The second-order valence-corrected chi connectivity index (χ2v) is 4.94. The number of hydrogen-bond donors (Lipinski definition) is 0. The third kappa shape index (κ3) is 2.49. The van der Waals surface area contributed by atoms with Crippen LogP contribution in [0.3, 0.4) is 0 Å². The van der Waals surface area contributed by atoms with Gasteiger partial charge in [-0.15, -0.1) is 0 Å². The molecule has 3 rings (SSSR count). The van der Waals surface area contributed by atoms with Gasteiger partial charge in [0.25, 0.3) is 0 Å². The lowest BCUT2D eigenvalue weighted by Crippen LogP contribution is -2.05. The van der Waals surface area contributed by atoms with E-state index in [0.29, 0.717) is 6.61 Å². The van der Waals surface area contributed by atoms with Crippen molar-refractivity contribution in [3.05, 3.63) is 59.4 Å². The van der Waals surface area contributed by atoms with Gasteiger partial charge in [0.1, 0.15) is 18.2 Å². The lowest BCUT2D eigenvalue weighted by molar-refractivity contribution is 0.291. The molecule has 3 nitrogen and oxygen atoms in total. The number of aryl methyl sites for hydroxylation is 1. The zero-order chi connectivity index (χ0) is 13.9. The predicted octanol–water partition coefficient (Wildman–Crippen LogP) is 4.29. The van der Waals surface area contributed by atoms with E-state index < -0.39 is 0 Å². The van der Waals surface area contributed by atoms with Crippen LogP contribution in [0.5, 0.6) is 5.75 Å². The van der Waals surface area contributed by atoms with E-state index in [1.807, 2.05) is 48.5 Å². The van der Waals surface area contributed by atoms with Gasteiger partial charge in [-0.25, -0.2) is 4.98 Å². The molecule has 0 aliphatic heterocycles. The van der Waals surface area contributed by atoms with Crippen LogP contribution >= 0.6 is 11.6 Å². The molecule has 0 aliphatic carbocycles. The third-order valence-corrected chi connectivity index (χ3v) is 3.45. The Morgan fingerprint density at radius 1 is 1.15 bits per heavy atom. The Morgan fingerprint density at radius 2 is 1.95 bits per heavy atom. The fourth-order valence-electron chi connectivity index (χ4n) is 2.27. The summed E-state index contributed by atoms with van der Waals surface area (Å²) in [6, 6.07) is 15.5. The Balaban J connectivity index is 1.91. The molecule has 4 heteroatoms. The summed E-state index contributed by atoms with van der Waals surface area (Å²) in [5, 5.41) is 0.725. The molecule has 102 valence electrons. The molecule has 0 spiro atoms. The van der Waals surface area contributed by atoms with E-state index in [1.54, 1.807) is 0 Å². The summed E-state index contributed by atoms with van der Waals surface area (Å²) in [5.41, 5.74) is 1.99. The van der Waals surface area contributed by atoms with Crippen molar-refractivity contribution in [3.8, 4) is 5.75 Å². The van der Waals surface area contributed by atoms with Gasteiger partial charge in [-0.2, -0.15) is 0 Å². The second-order valence-electron chi connectivity index (χ2n) is 4.51. The van der Waals surface area contributed by atoms with Crippen LogP contribution in [0.4, 0.5) is 0 Å². The number of hydrogen-bond acceptors (Lipinski definition) is 2. The molecule has 0 saturated carbocycles. The van der Waals surface area contributed by atoms with Crippen LogP contribution in [-0.4, -0.2) is 9.55 Å². The van der Waals surface area contributed by atoms with Crippen LogP contribution in [0.15, 0.2) is 48.5 Å². The Bertz CT molecular complexity index is 722. The summed E-state index contributed by atoms with van der Waals surface area (Å²) in [6.07, 6.45) is 0. The summed E-state index contributed by atoms with van der Waals surface area (Å²) in [7, 11) is 0. The van der Waals surface area contributed by atoms with Gasteiger partial charge < -0.3 is 9.30 Å². The Kier molecular flexibility index (Phi) is 3.61. The molecule has 2 aromatic carbocycles. The summed E-state index contributed by atoms with van der Waals surface area (Å²) < 4.78 is 7.91. The number of rotatable bonds is 4. The Hall–Kier alpha value is -2.00. The highest BCUT2D eigenvalue weighted by molar-refractivity contribution is 6.31. The van der Waals surface area contributed by atoms with Gasteiger partial charge in [-0.3, -0.25) is 0 Å². The molecule has 0 radical (unpaired) electrons. The van der Waals surface area contributed by atoms with Crippen molar-refractivity contribution >= 4 is 22.6 Å². The lowest BCUT2D eigenvalue weighted by Gasteiger charge is -2.08. The van der Waals surface area contributed by atoms with E-state index in [1.165, 1.54) is 0 Å². The Morgan fingerprint density at radius 3 is 2.70 bits per heavy atom. The zero-order valence-corrected chi connectivity index (χ0v) is 12.0. The van der Waals surface area contributed by atoms with Crippen LogP contribution in [0, 0.1) is 0 Å². The molecule has 20 heavy (non-hydrogen) atoms. The quantitative estimate of drug-likeness (QED) is 0.715. The van der Waals surface area contributed by atoms with E-state index in [4.69, 9.17) is 16.3 Å². The number of benzene rings is 2. The first-order valence-corrected chi connectivity index (χ1v) is 6.98. The van der Waals surface area contributed by atoms with Gasteiger partial charge in [0.05, 0.1) is 11.0 Å². The van der Waals surface area contributed by atoms with Gasteiger partial charge >= 0.3 is 0 Å². The van der Waals surface area contributed by atoms with Gasteiger partial charge in [0.15, 0.2) is 0 Å². The fraction of sp³-hybridized carbons (Fsp3) is 0.188. The summed E-state index contributed by atoms with van der Waals surface area (Å²) in [4.78, 5) is 4.62. The monoisotopic (exact) mass is 286 g/mol. The number of imidazole rings is 1. The minimum atomic E-state index is 0.449. The van der Waals surface area contributed by atoms with Gasteiger partial charge in [0.2, 0.25) is 0 Å². The summed E-state index contributed by atoms with van der Waals surface area (Å²) in [5.74, 6) is 1.76. The van der Waals surface area contributed by atoms with Crippen molar-refractivity contribution in [3.63, 3.8) is 0 Å². The smallest absolute Gasteiger partial charge is 0.147 e. The highest BCUT2D eigenvalue weighted by Gasteiger charge is 2.10. The zero-order valence-electron chi connectivity index (χ0n) is 11.2. The molecule has 1 aromatic heterocycles. The van der Waals surface area contributed by atoms with E-state index in [9.17, 15) is 0 Å². The standard InChI is InChI=1S/C16H15ClN2O/c1-2-19-15-10-12(17)8-9-14(15)18-16(19)11-20-13-6-4-3-5-7-13/h3-10H,2,11H2,1H3. The molecule has 3 aromatic rings. The molecular weight excluding hydrogens is 272 g/mol. The number of fused-ring (bicyclic) bond motifs is 1. The average molecular weight is 287 g/mol. The molecule has 0 amide bonds. The van der Waals surface area contributed by atoms with Crippen molar-refractivity contribution < 1.29 is 4.74 Å². The van der Waals surface area contributed by atoms with Crippen molar-refractivity contribution in [1.29, 1.82) is 0 Å². The highest BCUT2D eigenvalue weighted by Crippen LogP contribution is 2.21. The number of nitrogens with zero attached hydrogens (tertiary/aromatic N) is 2. The molecule has 0 aliphatic rings.